The molecule has 0 aliphatic heterocycles. The maximum atomic E-state index is 12.4. The average Bonchev–Trinajstić information content (AvgIpc) is 3.16. The lowest BCUT2D eigenvalue weighted by atomic mass is 9.97. The Morgan fingerprint density at radius 2 is 1.71 bits per heavy atom. The summed E-state index contributed by atoms with van der Waals surface area (Å²) in [5, 5.41) is 6.01. The highest BCUT2D eigenvalue weighted by molar-refractivity contribution is 6.08. The van der Waals surface area contributed by atoms with E-state index in [-0.39, 0.29) is 18.4 Å². The van der Waals surface area contributed by atoms with Gasteiger partial charge in [0.1, 0.15) is 24.5 Å². The summed E-state index contributed by atoms with van der Waals surface area (Å²) in [6.45, 7) is 4.64. The van der Waals surface area contributed by atoms with Gasteiger partial charge in [-0.3, -0.25) is 9.59 Å². The van der Waals surface area contributed by atoms with Crippen LogP contribution in [0.1, 0.15) is 17.3 Å². The Bertz CT molecular complexity index is 1430. The van der Waals surface area contributed by atoms with Crippen LogP contribution in [-0.4, -0.2) is 39.6 Å². The topological polar surface area (TPSA) is 115 Å². The first-order valence-corrected chi connectivity index (χ1v) is 10.9. The third-order valence-electron chi connectivity index (χ3n) is 5.62. The van der Waals surface area contributed by atoms with Gasteiger partial charge in [-0.25, -0.2) is 14.4 Å². The lowest BCUT2D eigenvalue weighted by Gasteiger charge is -2.11. The number of amides is 2. The number of hydrogen-bond donors (Lipinski definition) is 3. The van der Waals surface area contributed by atoms with Crippen LogP contribution in [0.2, 0.25) is 0 Å². The van der Waals surface area contributed by atoms with Crippen molar-refractivity contribution < 1.29 is 14.0 Å². The molecule has 2 heterocycles. The molecule has 0 unspecified atom stereocenters. The molecule has 2 aromatic heterocycles. The molecule has 4 N–H and O–H groups in total. The van der Waals surface area contributed by atoms with Crippen LogP contribution >= 0.6 is 0 Å². The summed E-state index contributed by atoms with van der Waals surface area (Å²) in [4.78, 5) is 32.8. The number of halogens is 1. The number of nitrogens with two attached hydrogens (primary N) is 1. The molecule has 178 valence electrons. The molecule has 2 aromatic carbocycles. The smallest absolute Gasteiger partial charge is 0.251 e. The van der Waals surface area contributed by atoms with E-state index in [1.807, 2.05) is 48.0 Å². The number of nitrogens with one attached hydrogen (secondary N) is 2. The van der Waals surface area contributed by atoms with Crippen LogP contribution in [0, 0.1) is 0 Å². The third-order valence-corrected chi connectivity index (χ3v) is 5.62. The van der Waals surface area contributed by atoms with E-state index in [9.17, 15) is 14.0 Å². The molecule has 0 saturated heterocycles. The molecule has 0 saturated carbocycles. The number of nitrogen functional groups attached to an aromatic ring is 1. The number of anilines is 2. The van der Waals surface area contributed by atoms with Gasteiger partial charge >= 0.3 is 0 Å². The van der Waals surface area contributed by atoms with Crippen molar-refractivity contribution >= 4 is 34.4 Å². The van der Waals surface area contributed by atoms with E-state index in [0.717, 1.165) is 22.4 Å². The quantitative estimate of drug-likeness (QED) is 0.350. The second-order valence-corrected chi connectivity index (χ2v) is 8.07. The molecule has 0 atom stereocenters. The third kappa shape index (κ3) is 4.61. The van der Waals surface area contributed by atoms with Crippen LogP contribution < -0.4 is 16.4 Å². The molecule has 4 rings (SSSR count). The van der Waals surface area contributed by atoms with E-state index in [1.165, 1.54) is 6.33 Å². The highest BCUT2D eigenvalue weighted by Crippen LogP contribution is 2.41. The lowest BCUT2D eigenvalue weighted by molar-refractivity contribution is -0.112. The number of carbonyl (C=O) groups excluding carboxylic acids is 2. The molecular formula is C26H25FN6O2. The van der Waals surface area contributed by atoms with Gasteiger partial charge in [0.2, 0.25) is 0 Å². The molecule has 0 spiro atoms. The number of aromatic nitrogens is 3. The van der Waals surface area contributed by atoms with Crippen LogP contribution in [0.25, 0.3) is 33.4 Å². The number of nitrogens with zero attached hydrogens (tertiary/aromatic N) is 3. The predicted octanol–water partition coefficient (Wildman–Crippen LogP) is 4.10. The van der Waals surface area contributed by atoms with Crippen molar-refractivity contribution in [2.45, 2.75) is 6.92 Å². The average molecular weight is 473 g/mol. The zero-order valence-corrected chi connectivity index (χ0v) is 19.4. The van der Waals surface area contributed by atoms with Gasteiger partial charge in [0.25, 0.3) is 11.8 Å². The molecule has 0 aliphatic rings. The van der Waals surface area contributed by atoms with E-state index in [0.29, 0.717) is 33.7 Å². The number of fused-ring (bicyclic) bond motifs is 1. The van der Waals surface area contributed by atoms with Crippen LogP contribution in [0.15, 0.2) is 67.0 Å². The fourth-order valence-corrected chi connectivity index (χ4v) is 3.89. The van der Waals surface area contributed by atoms with E-state index in [4.69, 9.17) is 5.73 Å². The number of carbonyl (C=O) groups is 2. The SMILES string of the molecule is C=C(C)C(=O)Nc1ccc(-c2c(-c3ccc(C(=O)NCCF)cc3)c3c(N)ncnc3n2C)cc1. The van der Waals surface area contributed by atoms with Gasteiger partial charge in [0.15, 0.2) is 0 Å². The van der Waals surface area contributed by atoms with E-state index < -0.39 is 6.67 Å². The van der Waals surface area contributed by atoms with E-state index in [1.54, 1.807) is 19.1 Å². The van der Waals surface area contributed by atoms with Crippen molar-refractivity contribution in [1.29, 1.82) is 0 Å². The fraction of sp³-hybridized carbons (Fsp3) is 0.154. The first-order chi connectivity index (χ1) is 16.8. The molecule has 2 amide bonds. The highest BCUT2D eigenvalue weighted by Gasteiger charge is 2.22. The van der Waals surface area contributed by atoms with Crippen molar-refractivity contribution in [2.24, 2.45) is 7.05 Å². The largest absolute Gasteiger partial charge is 0.383 e. The summed E-state index contributed by atoms with van der Waals surface area (Å²) in [7, 11) is 1.89. The van der Waals surface area contributed by atoms with Gasteiger partial charge in [-0.15, -0.1) is 0 Å². The molecule has 0 radical (unpaired) electrons. The molecule has 0 fully saturated rings. The molecule has 35 heavy (non-hydrogen) atoms. The molecule has 4 aromatic rings. The normalized spacial score (nSPS) is 10.8. The van der Waals surface area contributed by atoms with Crippen LogP contribution in [0.4, 0.5) is 15.9 Å². The summed E-state index contributed by atoms with van der Waals surface area (Å²) in [6, 6.07) is 14.4. The van der Waals surface area contributed by atoms with Crippen molar-refractivity contribution in [3.05, 3.63) is 72.6 Å². The standard InChI is InChI=1S/C26H25FN6O2/c1-15(2)25(34)32-19-10-8-17(9-11-19)22-20(21-23(28)30-14-31-24(21)33(22)3)16-4-6-18(7-5-16)26(35)29-13-12-27/h4-11,14H,1,12-13H2,2-3H3,(H,29,35)(H,32,34)(H2,28,30,31). The Labute approximate surface area is 201 Å². The minimum absolute atomic E-state index is 0.0370. The van der Waals surface area contributed by atoms with Crippen LogP contribution in [0.5, 0.6) is 0 Å². The number of rotatable bonds is 7. The summed E-state index contributed by atoms with van der Waals surface area (Å²) < 4.78 is 14.3. The molecule has 8 nitrogen and oxygen atoms in total. The molecule has 0 aliphatic carbocycles. The van der Waals surface area contributed by atoms with Crippen molar-refractivity contribution in [2.75, 3.05) is 24.3 Å². The molecular weight excluding hydrogens is 447 g/mol. The van der Waals surface area contributed by atoms with E-state index in [2.05, 4.69) is 27.2 Å². The van der Waals surface area contributed by atoms with Crippen molar-refractivity contribution in [3.8, 4) is 22.4 Å². The Morgan fingerprint density at radius 1 is 1.06 bits per heavy atom. The van der Waals surface area contributed by atoms with Crippen LogP contribution in [-0.2, 0) is 11.8 Å². The van der Waals surface area contributed by atoms with Crippen molar-refractivity contribution in [1.82, 2.24) is 19.9 Å². The van der Waals surface area contributed by atoms with Gasteiger partial charge in [-0.05, 0) is 42.3 Å². The summed E-state index contributed by atoms with van der Waals surface area (Å²) in [6.07, 6.45) is 1.42. The van der Waals surface area contributed by atoms with Crippen molar-refractivity contribution in [3.63, 3.8) is 0 Å². The number of aryl methyl sites for hydroxylation is 1. The summed E-state index contributed by atoms with van der Waals surface area (Å²) in [5.41, 5.74) is 11.8. The number of alkyl halides is 1. The Hall–Kier alpha value is -4.53. The first-order valence-electron chi connectivity index (χ1n) is 10.9. The summed E-state index contributed by atoms with van der Waals surface area (Å²) >= 11 is 0. The van der Waals surface area contributed by atoms with E-state index >= 15 is 0 Å². The Balaban J connectivity index is 1.82. The number of hydrogen-bond acceptors (Lipinski definition) is 5. The summed E-state index contributed by atoms with van der Waals surface area (Å²) in [5.74, 6) is -0.258. The number of benzene rings is 2. The van der Waals surface area contributed by atoms with Gasteiger partial charge < -0.3 is 20.9 Å². The Morgan fingerprint density at radius 3 is 2.34 bits per heavy atom. The zero-order chi connectivity index (χ0) is 25.1. The monoisotopic (exact) mass is 472 g/mol. The maximum absolute atomic E-state index is 12.4. The minimum atomic E-state index is -0.627. The second kappa shape index (κ2) is 9.76. The maximum Gasteiger partial charge on any atom is 0.251 e. The minimum Gasteiger partial charge on any atom is -0.383 e. The van der Waals surface area contributed by atoms with Gasteiger partial charge in [0.05, 0.1) is 11.1 Å². The van der Waals surface area contributed by atoms with Gasteiger partial charge in [-0.2, -0.15) is 0 Å². The predicted molar refractivity (Wildman–Crippen MR) is 136 cm³/mol. The molecule has 9 heteroatoms. The fourth-order valence-electron chi connectivity index (χ4n) is 3.89. The van der Waals surface area contributed by atoms with Gasteiger partial charge in [0, 0.05) is 36.0 Å². The highest BCUT2D eigenvalue weighted by atomic mass is 19.1. The first kappa shape index (κ1) is 23.6. The lowest BCUT2D eigenvalue weighted by Crippen LogP contribution is -2.25. The second-order valence-electron chi connectivity index (χ2n) is 8.07. The molecule has 0 bridgehead atoms. The zero-order valence-electron chi connectivity index (χ0n) is 19.4. The van der Waals surface area contributed by atoms with Crippen LogP contribution in [0.3, 0.4) is 0 Å². The Kier molecular flexibility index (Phi) is 6.59. The van der Waals surface area contributed by atoms with Gasteiger partial charge in [-0.1, -0.05) is 30.8 Å².